The molecular formula is C19H25BrN2O. The number of carbonyl (C=O) groups excluding carboxylic acids is 1. The van der Waals surface area contributed by atoms with E-state index in [1.54, 1.807) is 0 Å². The second kappa shape index (κ2) is 6.21. The first-order valence-corrected chi connectivity index (χ1v) is 9.76. The fourth-order valence-electron chi connectivity index (χ4n) is 5.05. The first kappa shape index (κ1) is 15.6. The highest BCUT2D eigenvalue weighted by Crippen LogP contribution is 2.42. The van der Waals surface area contributed by atoms with Gasteiger partial charge in [0.15, 0.2) is 0 Å². The van der Waals surface area contributed by atoms with E-state index in [9.17, 15) is 4.79 Å². The van der Waals surface area contributed by atoms with Crippen molar-refractivity contribution in [2.24, 2.45) is 23.5 Å². The number of amides is 1. The Morgan fingerprint density at radius 1 is 1.17 bits per heavy atom. The first-order valence-electron chi connectivity index (χ1n) is 8.96. The van der Waals surface area contributed by atoms with Crippen LogP contribution in [0.5, 0.6) is 0 Å². The van der Waals surface area contributed by atoms with Crippen LogP contribution in [0.15, 0.2) is 22.7 Å². The van der Waals surface area contributed by atoms with Crippen molar-refractivity contribution in [1.29, 1.82) is 0 Å². The van der Waals surface area contributed by atoms with E-state index in [-0.39, 0.29) is 17.9 Å². The molecule has 3 N–H and O–H groups in total. The molecule has 0 heterocycles. The van der Waals surface area contributed by atoms with Crippen molar-refractivity contribution < 1.29 is 4.79 Å². The van der Waals surface area contributed by atoms with Gasteiger partial charge in [0.25, 0.3) is 0 Å². The Hall–Kier alpha value is -0.870. The molecule has 0 aromatic heterocycles. The topological polar surface area (TPSA) is 55.1 Å². The van der Waals surface area contributed by atoms with Gasteiger partial charge in [0.05, 0.1) is 6.04 Å². The zero-order valence-electron chi connectivity index (χ0n) is 13.4. The highest BCUT2D eigenvalue weighted by molar-refractivity contribution is 9.10. The highest BCUT2D eigenvalue weighted by atomic mass is 79.9. The van der Waals surface area contributed by atoms with Crippen LogP contribution >= 0.6 is 15.9 Å². The summed E-state index contributed by atoms with van der Waals surface area (Å²) >= 11 is 3.63. The van der Waals surface area contributed by atoms with Crippen LogP contribution in [0.1, 0.15) is 55.7 Å². The summed E-state index contributed by atoms with van der Waals surface area (Å²) < 4.78 is 1.17. The lowest BCUT2D eigenvalue weighted by Gasteiger charge is -2.43. The van der Waals surface area contributed by atoms with E-state index in [1.807, 2.05) is 0 Å². The molecule has 2 saturated carbocycles. The van der Waals surface area contributed by atoms with Crippen molar-refractivity contribution in [3.63, 3.8) is 0 Å². The molecule has 1 amide bonds. The van der Waals surface area contributed by atoms with Crippen LogP contribution in [0.4, 0.5) is 0 Å². The monoisotopic (exact) mass is 376 g/mol. The quantitative estimate of drug-likeness (QED) is 0.826. The second-order valence-corrected chi connectivity index (χ2v) is 8.46. The molecule has 4 heteroatoms. The SMILES string of the molecule is NC1C2CCCC1CC(C(=O)NC1CCc3c(Br)cccc31)C2. The van der Waals surface area contributed by atoms with Gasteiger partial charge in [-0.1, -0.05) is 34.5 Å². The number of nitrogens with two attached hydrogens (primary N) is 1. The van der Waals surface area contributed by atoms with Gasteiger partial charge in [-0.05, 0) is 67.6 Å². The van der Waals surface area contributed by atoms with E-state index in [2.05, 4.69) is 39.4 Å². The summed E-state index contributed by atoms with van der Waals surface area (Å²) in [6, 6.07) is 6.83. The zero-order chi connectivity index (χ0) is 16.0. The van der Waals surface area contributed by atoms with Gasteiger partial charge in [0.2, 0.25) is 5.91 Å². The molecule has 3 unspecified atom stereocenters. The average Bonchev–Trinajstić information content (AvgIpc) is 2.91. The maximum absolute atomic E-state index is 12.8. The van der Waals surface area contributed by atoms with Crippen LogP contribution < -0.4 is 11.1 Å². The van der Waals surface area contributed by atoms with Gasteiger partial charge in [0.1, 0.15) is 0 Å². The Bertz CT molecular complexity index is 603. The third kappa shape index (κ3) is 2.85. The molecule has 3 atom stereocenters. The average molecular weight is 377 g/mol. The summed E-state index contributed by atoms with van der Waals surface area (Å²) in [6.07, 6.45) is 7.75. The number of fused-ring (bicyclic) bond motifs is 3. The standard InChI is InChI=1S/C19H25BrN2O/c20-16-6-2-5-15-14(16)7-8-17(15)22-19(23)13-9-11-3-1-4-12(10-13)18(11)21/h2,5-6,11-13,17-18H,1,3-4,7-10,21H2,(H,22,23). The smallest absolute Gasteiger partial charge is 0.223 e. The van der Waals surface area contributed by atoms with Crippen LogP contribution in [0.2, 0.25) is 0 Å². The van der Waals surface area contributed by atoms with Crippen molar-refractivity contribution in [3.05, 3.63) is 33.8 Å². The fourth-order valence-corrected chi connectivity index (χ4v) is 5.63. The normalized spacial score (nSPS) is 35.7. The second-order valence-electron chi connectivity index (χ2n) is 7.60. The summed E-state index contributed by atoms with van der Waals surface area (Å²) in [5.74, 6) is 1.54. The van der Waals surface area contributed by atoms with Crippen molar-refractivity contribution in [3.8, 4) is 0 Å². The molecule has 0 saturated heterocycles. The van der Waals surface area contributed by atoms with Crippen LogP contribution in [-0.4, -0.2) is 11.9 Å². The van der Waals surface area contributed by atoms with Gasteiger partial charge in [-0.2, -0.15) is 0 Å². The minimum absolute atomic E-state index is 0.168. The van der Waals surface area contributed by atoms with Crippen LogP contribution in [-0.2, 0) is 11.2 Å². The molecule has 2 bridgehead atoms. The van der Waals surface area contributed by atoms with E-state index in [0.29, 0.717) is 17.9 Å². The zero-order valence-corrected chi connectivity index (χ0v) is 15.0. The number of benzene rings is 1. The van der Waals surface area contributed by atoms with Crippen molar-refractivity contribution in [2.45, 2.75) is 57.0 Å². The molecule has 3 aliphatic carbocycles. The molecule has 3 aliphatic rings. The minimum atomic E-state index is 0.168. The lowest BCUT2D eigenvalue weighted by Crippen LogP contribution is -2.49. The number of carbonyl (C=O) groups is 1. The molecular weight excluding hydrogens is 352 g/mol. The van der Waals surface area contributed by atoms with E-state index >= 15 is 0 Å². The number of hydrogen-bond acceptors (Lipinski definition) is 2. The number of rotatable bonds is 2. The predicted molar refractivity (Wildman–Crippen MR) is 94.9 cm³/mol. The molecule has 124 valence electrons. The van der Waals surface area contributed by atoms with E-state index < -0.39 is 0 Å². The Balaban J connectivity index is 1.45. The van der Waals surface area contributed by atoms with Crippen molar-refractivity contribution in [1.82, 2.24) is 5.32 Å². The molecule has 3 nitrogen and oxygen atoms in total. The summed E-state index contributed by atoms with van der Waals surface area (Å²) in [4.78, 5) is 12.8. The van der Waals surface area contributed by atoms with E-state index in [1.165, 1.54) is 34.9 Å². The van der Waals surface area contributed by atoms with Crippen LogP contribution in [0.25, 0.3) is 0 Å². The minimum Gasteiger partial charge on any atom is -0.349 e. The van der Waals surface area contributed by atoms with Gasteiger partial charge in [-0.15, -0.1) is 0 Å². The first-order chi connectivity index (χ1) is 11.1. The van der Waals surface area contributed by atoms with E-state index in [0.717, 1.165) is 25.7 Å². The number of hydrogen-bond donors (Lipinski definition) is 2. The molecule has 2 fully saturated rings. The summed E-state index contributed by atoms with van der Waals surface area (Å²) in [6.45, 7) is 0. The lowest BCUT2D eigenvalue weighted by molar-refractivity contribution is -0.128. The summed E-state index contributed by atoms with van der Waals surface area (Å²) in [5.41, 5.74) is 9.01. The Kier molecular flexibility index (Phi) is 4.22. The molecule has 0 radical (unpaired) electrons. The Morgan fingerprint density at radius 3 is 2.65 bits per heavy atom. The van der Waals surface area contributed by atoms with Crippen LogP contribution in [0.3, 0.4) is 0 Å². The molecule has 0 spiro atoms. The number of halogens is 1. The molecule has 4 rings (SSSR count). The van der Waals surface area contributed by atoms with Crippen molar-refractivity contribution in [2.75, 3.05) is 0 Å². The molecule has 0 aliphatic heterocycles. The fraction of sp³-hybridized carbons (Fsp3) is 0.632. The summed E-state index contributed by atoms with van der Waals surface area (Å²) in [7, 11) is 0. The molecule has 1 aromatic rings. The largest absolute Gasteiger partial charge is 0.349 e. The van der Waals surface area contributed by atoms with Gasteiger partial charge >= 0.3 is 0 Å². The Morgan fingerprint density at radius 2 is 1.91 bits per heavy atom. The summed E-state index contributed by atoms with van der Waals surface area (Å²) in [5, 5.41) is 3.34. The van der Waals surface area contributed by atoms with E-state index in [4.69, 9.17) is 5.73 Å². The van der Waals surface area contributed by atoms with Gasteiger partial charge in [-0.25, -0.2) is 0 Å². The Labute approximate surface area is 146 Å². The number of nitrogens with one attached hydrogen (secondary N) is 1. The lowest BCUT2D eigenvalue weighted by atomic mass is 9.65. The third-order valence-electron chi connectivity index (χ3n) is 6.31. The maximum Gasteiger partial charge on any atom is 0.223 e. The van der Waals surface area contributed by atoms with Crippen LogP contribution in [0, 0.1) is 17.8 Å². The molecule has 1 aromatic carbocycles. The third-order valence-corrected chi connectivity index (χ3v) is 7.06. The van der Waals surface area contributed by atoms with Crippen molar-refractivity contribution >= 4 is 21.8 Å². The van der Waals surface area contributed by atoms with Gasteiger partial charge in [-0.3, -0.25) is 4.79 Å². The predicted octanol–water partition coefficient (Wildman–Crippen LogP) is 3.71. The van der Waals surface area contributed by atoms with Gasteiger partial charge in [0, 0.05) is 16.4 Å². The highest BCUT2D eigenvalue weighted by Gasteiger charge is 2.41. The maximum atomic E-state index is 12.8. The van der Waals surface area contributed by atoms with Gasteiger partial charge < -0.3 is 11.1 Å². The molecule has 23 heavy (non-hydrogen) atoms.